The third-order valence-electron chi connectivity index (χ3n) is 3.36. The summed E-state index contributed by atoms with van der Waals surface area (Å²) in [5.41, 5.74) is 3.14. The van der Waals surface area contributed by atoms with Crippen LogP contribution >= 0.6 is 11.6 Å². The lowest BCUT2D eigenvalue weighted by molar-refractivity contribution is -0.139. The number of aromatic nitrogens is 2. The molecule has 1 aliphatic heterocycles. The molecule has 0 aliphatic carbocycles. The zero-order chi connectivity index (χ0) is 14.3. The summed E-state index contributed by atoms with van der Waals surface area (Å²) in [5.74, 6) is -0.341. The number of halogens is 1. The van der Waals surface area contributed by atoms with Crippen molar-refractivity contribution in [2.75, 3.05) is 0 Å². The molecule has 0 saturated carbocycles. The van der Waals surface area contributed by atoms with Crippen LogP contribution in [0.1, 0.15) is 18.1 Å². The van der Waals surface area contributed by atoms with E-state index in [2.05, 4.69) is 11.7 Å². The van der Waals surface area contributed by atoms with Gasteiger partial charge in [0, 0.05) is 47.0 Å². The minimum absolute atomic E-state index is 0.330. The van der Waals surface area contributed by atoms with Gasteiger partial charge in [0.1, 0.15) is 6.10 Å². The Bertz CT molecular complexity index is 690. The quantitative estimate of drug-likeness (QED) is 0.629. The average Bonchev–Trinajstić information content (AvgIpc) is 2.96. The van der Waals surface area contributed by atoms with Crippen LogP contribution in [-0.4, -0.2) is 15.7 Å². The SMILES string of the molecule is C=C1CC(c2cccc(Cl)c2-c2cnn(C)c2)OC1=O. The van der Waals surface area contributed by atoms with Crippen molar-refractivity contribution in [1.29, 1.82) is 0 Å². The second-order valence-corrected chi connectivity index (χ2v) is 5.22. The summed E-state index contributed by atoms with van der Waals surface area (Å²) in [6, 6.07) is 5.59. The van der Waals surface area contributed by atoms with Crippen LogP contribution in [0.2, 0.25) is 5.02 Å². The first-order valence-electron chi connectivity index (χ1n) is 6.22. The zero-order valence-corrected chi connectivity index (χ0v) is 11.7. The number of esters is 1. The highest BCUT2D eigenvalue weighted by Gasteiger charge is 2.31. The lowest BCUT2D eigenvalue weighted by Gasteiger charge is -2.15. The van der Waals surface area contributed by atoms with Crippen LogP contribution in [0.3, 0.4) is 0 Å². The van der Waals surface area contributed by atoms with E-state index in [1.165, 1.54) is 0 Å². The maximum Gasteiger partial charge on any atom is 0.334 e. The number of benzene rings is 1. The molecular formula is C15H13ClN2O2. The minimum Gasteiger partial charge on any atom is -0.454 e. The van der Waals surface area contributed by atoms with Gasteiger partial charge in [-0.15, -0.1) is 0 Å². The lowest BCUT2D eigenvalue weighted by Crippen LogP contribution is -2.01. The van der Waals surface area contributed by atoms with Gasteiger partial charge in [-0.1, -0.05) is 30.3 Å². The highest BCUT2D eigenvalue weighted by molar-refractivity contribution is 6.33. The van der Waals surface area contributed by atoms with Gasteiger partial charge < -0.3 is 4.74 Å². The van der Waals surface area contributed by atoms with E-state index in [0.717, 1.165) is 16.7 Å². The van der Waals surface area contributed by atoms with Crippen LogP contribution in [-0.2, 0) is 16.6 Å². The fourth-order valence-corrected chi connectivity index (χ4v) is 2.69. The molecule has 1 aromatic carbocycles. The summed E-state index contributed by atoms with van der Waals surface area (Å²) in [6.45, 7) is 3.72. The number of cyclic esters (lactones) is 1. The molecule has 5 heteroatoms. The number of rotatable bonds is 2. The van der Waals surface area contributed by atoms with Crippen molar-refractivity contribution in [2.24, 2.45) is 7.05 Å². The summed E-state index contributed by atoms with van der Waals surface area (Å²) in [5, 5.41) is 4.78. The lowest BCUT2D eigenvalue weighted by atomic mass is 9.96. The molecule has 1 atom stereocenters. The van der Waals surface area contributed by atoms with Gasteiger partial charge in [-0.2, -0.15) is 5.10 Å². The highest BCUT2D eigenvalue weighted by Crippen LogP contribution is 2.40. The van der Waals surface area contributed by atoms with Crippen LogP contribution in [0.4, 0.5) is 0 Å². The Morgan fingerprint density at radius 2 is 2.30 bits per heavy atom. The molecule has 4 nitrogen and oxygen atoms in total. The molecule has 1 saturated heterocycles. The first-order valence-corrected chi connectivity index (χ1v) is 6.60. The molecule has 2 heterocycles. The molecule has 1 unspecified atom stereocenters. The van der Waals surface area contributed by atoms with Crippen molar-refractivity contribution in [2.45, 2.75) is 12.5 Å². The first-order chi connectivity index (χ1) is 9.56. The van der Waals surface area contributed by atoms with Crippen molar-refractivity contribution < 1.29 is 9.53 Å². The molecule has 20 heavy (non-hydrogen) atoms. The van der Waals surface area contributed by atoms with Gasteiger partial charge in [-0.05, 0) is 6.07 Å². The normalized spacial score (nSPS) is 18.4. The molecule has 2 aromatic rings. The van der Waals surface area contributed by atoms with Crippen LogP contribution in [0.25, 0.3) is 11.1 Å². The van der Waals surface area contributed by atoms with E-state index in [1.807, 2.05) is 31.4 Å². The Hall–Kier alpha value is -2.07. The number of nitrogens with zero attached hydrogens (tertiary/aromatic N) is 2. The maximum absolute atomic E-state index is 11.5. The topological polar surface area (TPSA) is 44.1 Å². The highest BCUT2D eigenvalue weighted by atomic mass is 35.5. The number of carbonyl (C=O) groups is 1. The van der Waals surface area contributed by atoms with E-state index in [0.29, 0.717) is 17.0 Å². The number of hydrogen-bond donors (Lipinski definition) is 0. The molecule has 0 N–H and O–H groups in total. The Morgan fingerprint density at radius 3 is 2.90 bits per heavy atom. The van der Waals surface area contributed by atoms with E-state index < -0.39 is 0 Å². The van der Waals surface area contributed by atoms with Crippen molar-refractivity contribution in [1.82, 2.24) is 9.78 Å². The van der Waals surface area contributed by atoms with E-state index in [-0.39, 0.29) is 12.1 Å². The predicted molar refractivity (Wildman–Crippen MR) is 76.2 cm³/mol. The fraction of sp³-hybridized carbons (Fsp3) is 0.200. The van der Waals surface area contributed by atoms with Crippen molar-refractivity contribution >= 4 is 17.6 Å². The molecule has 102 valence electrons. The summed E-state index contributed by atoms with van der Waals surface area (Å²) in [4.78, 5) is 11.5. The summed E-state index contributed by atoms with van der Waals surface area (Å²) in [7, 11) is 1.84. The van der Waals surface area contributed by atoms with E-state index in [1.54, 1.807) is 10.9 Å². The van der Waals surface area contributed by atoms with Gasteiger partial charge >= 0.3 is 5.97 Å². The third-order valence-corrected chi connectivity index (χ3v) is 3.67. The average molecular weight is 289 g/mol. The molecule has 1 aromatic heterocycles. The molecule has 0 amide bonds. The van der Waals surface area contributed by atoms with Crippen LogP contribution in [0.15, 0.2) is 42.7 Å². The van der Waals surface area contributed by atoms with E-state index >= 15 is 0 Å². The third kappa shape index (κ3) is 2.12. The Kier molecular flexibility index (Phi) is 3.10. The second-order valence-electron chi connectivity index (χ2n) is 4.81. The molecular weight excluding hydrogens is 276 g/mol. The largest absolute Gasteiger partial charge is 0.454 e. The number of ether oxygens (including phenoxy) is 1. The van der Waals surface area contributed by atoms with Crippen molar-refractivity contribution in [3.63, 3.8) is 0 Å². The predicted octanol–water partition coefficient (Wildman–Crippen LogP) is 3.28. The van der Waals surface area contributed by atoms with Crippen LogP contribution in [0, 0.1) is 0 Å². The summed E-state index contributed by atoms with van der Waals surface area (Å²) >= 11 is 6.32. The van der Waals surface area contributed by atoms with Crippen molar-refractivity contribution in [3.05, 3.63) is 53.3 Å². The molecule has 0 spiro atoms. The van der Waals surface area contributed by atoms with Crippen LogP contribution in [0.5, 0.6) is 0 Å². The molecule has 3 rings (SSSR count). The van der Waals surface area contributed by atoms with Crippen LogP contribution < -0.4 is 0 Å². The van der Waals surface area contributed by atoms with E-state index in [9.17, 15) is 4.79 Å². The maximum atomic E-state index is 11.5. The summed E-state index contributed by atoms with van der Waals surface area (Å²) in [6.07, 6.45) is 3.79. The fourth-order valence-electron chi connectivity index (χ4n) is 2.40. The smallest absolute Gasteiger partial charge is 0.334 e. The van der Waals surface area contributed by atoms with Gasteiger partial charge in [-0.3, -0.25) is 4.68 Å². The summed E-state index contributed by atoms with van der Waals surface area (Å²) < 4.78 is 7.07. The monoisotopic (exact) mass is 288 g/mol. The minimum atomic E-state index is -0.341. The number of hydrogen-bond acceptors (Lipinski definition) is 3. The molecule has 0 radical (unpaired) electrons. The Labute approximate surface area is 121 Å². The standard InChI is InChI=1S/C15H13ClN2O2/c1-9-6-13(20-15(9)19)11-4-3-5-12(16)14(11)10-7-17-18(2)8-10/h3-5,7-8,13H,1,6H2,2H3. The molecule has 0 bridgehead atoms. The first kappa shape index (κ1) is 12.9. The second kappa shape index (κ2) is 4.80. The Morgan fingerprint density at radius 1 is 1.50 bits per heavy atom. The van der Waals surface area contributed by atoms with Gasteiger partial charge in [0.2, 0.25) is 0 Å². The molecule has 1 fully saturated rings. The number of carbonyl (C=O) groups excluding carboxylic acids is 1. The number of aryl methyl sites for hydroxylation is 1. The molecule has 1 aliphatic rings. The van der Waals surface area contributed by atoms with Gasteiger partial charge in [-0.25, -0.2) is 4.79 Å². The van der Waals surface area contributed by atoms with E-state index in [4.69, 9.17) is 16.3 Å². The Balaban J connectivity index is 2.10. The van der Waals surface area contributed by atoms with Crippen molar-refractivity contribution in [3.8, 4) is 11.1 Å². The van der Waals surface area contributed by atoms with Gasteiger partial charge in [0.15, 0.2) is 0 Å². The van der Waals surface area contributed by atoms with Gasteiger partial charge in [0.05, 0.1) is 6.20 Å². The van der Waals surface area contributed by atoms with Gasteiger partial charge in [0.25, 0.3) is 0 Å². The zero-order valence-electron chi connectivity index (χ0n) is 11.0.